The molecule has 4 nitrogen and oxygen atoms in total. The van der Waals surface area contributed by atoms with Crippen LogP contribution in [0.5, 0.6) is 5.75 Å². The minimum absolute atomic E-state index is 0.0691. The number of benzene rings is 1. The Balaban J connectivity index is 2.07. The fraction of sp³-hybridized carbons (Fsp3) is 0.571. The molecule has 0 spiro atoms. The molecule has 1 aliphatic carbocycles. The highest BCUT2D eigenvalue weighted by molar-refractivity contribution is 5.38. The number of nitro benzene ring substituents is 1. The molecule has 1 aliphatic rings. The van der Waals surface area contributed by atoms with Crippen LogP contribution in [0, 0.1) is 27.8 Å². The minimum Gasteiger partial charge on any atom is -0.490 e. The van der Waals surface area contributed by atoms with Crippen LogP contribution in [0.2, 0.25) is 0 Å². The van der Waals surface area contributed by atoms with Gasteiger partial charge in [-0.15, -0.1) is 0 Å². The first-order valence-electron chi connectivity index (χ1n) is 6.56. The second-order valence-corrected chi connectivity index (χ2v) is 5.53. The molecular weight excluding hydrogens is 249 g/mol. The van der Waals surface area contributed by atoms with Gasteiger partial charge in [0.15, 0.2) is 0 Å². The number of nitrogens with zero attached hydrogens (tertiary/aromatic N) is 1. The van der Waals surface area contributed by atoms with Crippen molar-refractivity contribution in [3.05, 3.63) is 34.1 Å². The van der Waals surface area contributed by atoms with Gasteiger partial charge in [-0.05, 0) is 37.2 Å². The highest BCUT2D eigenvalue weighted by Crippen LogP contribution is 2.32. The van der Waals surface area contributed by atoms with Crippen LogP contribution < -0.4 is 4.74 Å². The topological polar surface area (TPSA) is 52.4 Å². The van der Waals surface area contributed by atoms with Crippen LogP contribution in [0.25, 0.3) is 0 Å². The lowest BCUT2D eigenvalue weighted by atomic mass is 9.82. The largest absolute Gasteiger partial charge is 0.490 e. The molecule has 0 amide bonds. The quantitative estimate of drug-likeness (QED) is 0.615. The first-order valence-corrected chi connectivity index (χ1v) is 6.56. The van der Waals surface area contributed by atoms with Crippen molar-refractivity contribution < 1.29 is 14.1 Å². The Morgan fingerprint density at radius 2 is 1.89 bits per heavy atom. The standard InChI is InChI=1S/C14H18FNO3/c1-9-5-10(2)7-12(6-9)19-11-3-4-14(16(17)18)13(15)8-11/h3-4,8-10,12H,5-7H2,1-2H3. The first kappa shape index (κ1) is 13.8. The summed E-state index contributed by atoms with van der Waals surface area (Å²) in [6.45, 7) is 4.37. The number of hydrogen-bond donors (Lipinski definition) is 0. The van der Waals surface area contributed by atoms with Crippen molar-refractivity contribution in [1.82, 2.24) is 0 Å². The van der Waals surface area contributed by atoms with Crippen LogP contribution in [0.1, 0.15) is 33.1 Å². The highest BCUT2D eigenvalue weighted by Gasteiger charge is 2.25. The molecule has 0 saturated heterocycles. The van der Waals surface area contributed by atoms with Crippen LogP contribution in [-0.4, -0.2) is 11.0 Å². The summed E-state index contributed by atoms with van der Waals surface area (Å²) >= 11 is 0. The van der Waals surface area contributed by atoms with Gasteiger partial charge in [0.05, 0.1) is 11.0 Å². The van der Waals surface area contributed by atoms with Gasteiger partial charge in [0.2, 0.25) is 5.82 Å². The normalized spacial score (nSPS) is 27.0. The van der Waals surface area contributed by atoms with Crippen molar-refractivity contribution in [3.63, 3.8) is 0 Å². The third-order valence-electron chi connectivity index (χ3n) is 3.55. The Kier molecular flexibility index (Phi) is 4.02. The summed E-state index contributed by atoms with van der Waals surface area (Å²) < 4.78 is 19.2. The van der Waals surface area contributed by atoms with Crippen LogP contribution in [0.4, 0.5) is 10.1 Å². The van der Waals surface area contributed by atoms with E-state index in [-0.39, 0.29) is 6.10 Å². The summed E-state index contributed by atoms with van der Waals surface area (Å²) in [7, 11) is 0. The fourth-order valence-electron chi connectivity index (χ4n) is 2.87. The van der Waals surface area contributed by atoms with E-state index in [0.29, 0.717) is 17.6 Å². The molecule has 2 atom stereocenters. The lowest BCUT2D eigenvalue weighted by Gasteiger charge is -2.31. The van der Waals surface area contributed by atoms with Crippen LogP contribution in [-0.2, 0) is 0 Å². The molecule has 0 aliphatic heterocycles. The summed E-state index contributed by atoms with van der Waals surface area (Å²) in [6.07, 6.45) is 3.15. The van der Waals surface area contributed by atoms with Crippen molar-refractivity contribution in [2.45, 2.75) is 39.2 Å². The lowest BCUT2D eigenvalue weighted by molar-refractivity contribution is -0.387. The van der Waals surface area contributed by atoms with Crippen molar-refractivity contribution in [2.75, 3.05) is 0 Å². The van der Waals surface area contributed by atoms with Gasteiger partial charge in [0.1, 0.15) is 5.75 Å². The maximum atomic E-state index is 13.5. The molecule has 0 bridgehead atoms. The molecule has 1 aromatic carbocycles. The SMILES string of the molecule is CC1CC(C)CC(Oc2ccc([N+](=O)[O-])c(F)c2)C1. The fourth-order valence-corrected chi connectivity index (χ4v) is 2.87. The van der Waals surface area contributed by atoms with Crippen molar-refractivity contribution in [1.29, 1.82) is 0 Å². The summed E-state index contributed by atoms with van der Waals surface area (Å²) in [4.78, 5) is 9.80. The minimum atomic E-state index is -0.848. The molecule has 1 saturated carbocycles. The number of halogens is 1. The Bertz CT molecular complexity index is 468. The summed E-state index contributed by atoms with van der Waals surface area (Å²) in [5.41, 5.74) is -0.516. The number of nitro groups is 1. The average molecular weight is 267 g/mol. The van der Waals surface area contributed by atoms with Gasteiger partial charge in [-0.1, -0.05) is 13.8 Å². The van der Waals surface area contributed by atoms with Gasteiger partial charge >= 0.3 is 5.69 Å². The van der Waals surface area contributed by atoms with Crippen molar-refractivity contribution in [3.8, 4) is 5.75 Å². The molecular formula is C14H18FNO3. The third kappa shape index (κ3) is 3.43. The van der Waals surface area contributed by atoms with E-state index >= 15 is 0 Å². The average Bonchev–Trinajstić information content (AvgIpc) is 2.26. The van der Waals surface area contributed by atoms with E-state index in [0.717, 1.165) is 25.0 Å². The highest BCUT2D eigenvalue weighted by atomic mass is 19.1. The van der Waals surface area contributed by atoms with Gasteiger partial charge in [-0.3, -0.25) is 10.1 Å². The van der Waals surface area contributed by atoms with E-state index in [1.165, 1.54) is 12.5 Å². The maximum absolute atomic E-state index is 13.5. The van der Waals surface area contributed by atoms with Gasteiger partial charge in [-0.2, -0.15) is 4.39 Å². The second-order valence-electron chi connectivity index (χ2n) is 5.53. The van der Waals surface area contributed by atoms with Gasteiger partial charge in [0, 0.05) is 12.1 Å². The monoisotopic (exact) mass is 267 g/mol. The molecule has 0 radical (unpaired) electrons. The first-order chi connectivity index (χ1) is 8.95. The zero-order valence-electron chi connectivity index (χ0n) is 11.1. The van der Waals surface area contributed by atoms with E-state index in [2.05, 4.69) is 13.8 Å². The van der Waals surface area contributed by atoms with Crippen molar-refractivity contribution in [2.24, 2.45) is 11.8 Å². The smallest absolute Gasteiger partial charge is 0.305 e. The lowest BCUT2D eigenvalue weighted by Crippen LogP contribution is -2.28. The number of hydrogen-bond acceptors (Lipinski definition) is 3. The van der Waals surface area contributed by atoms with Crippen LogP contribution >= 0.6 is 0 Å². The van der Waals surface area contributed by atoms with Crippen LogP contribution in [0.15, 0.2) is 18.2 Å². The van der Waals surface area contributed by atoms with Crippen molar-refractivity contribution >= 4 is 5.69 Å². The molecule has 1 aromatic rings. The summed E-state index contributed by atoms with van der Waals surface area (Å²) in [5.74, 6) is 0.710. The van der Waals surface area contributed by atoms with Crippen LogP contribution in [0.3, 0.4) is 0 Å². The molecule has 104 valence electrons. The van der Waals surface area contributed by atoms with E-state index in [1.807, 2.05) is 0 Å². The second kappa shape index (κ2) is 5.55. The molecule has 5 heteroatoms. The maximum Gasteiger partial charge on any atom is 0.305 e. The molecule has 1 fully saturated rings. The molecule has 0 heterocycles. The predicted molar refractivity (Wildman–Crippen MR) is 69.6 cm³/mol. The number of rotatable bonds is 3. The van der Waals surface area contributed by atoms with Gasteiger partial charge < -0.3 is 4.74 Å². The Labute approximate surface area is 111 Å². The zero-order valence-corrected chi connectivity index (χ0v) is 11.1. The molecule has 2 unspecified atom stereocenters. The molecule has 2 rings (SSSR count). The van der Waals surface area contributed by atoms with Gasteiger partial charge in [0.25, 0.3) is 0 Å². The Hall–Kier alpha value is -1.65. The van der Waals surface area contributed by atoms with E-state index < -0.39 is 16.4 Å². The van der Waals surface area contributed by atoms with Gasteiger partial charge in [-0.25, -0.2) is 0 Å². The Morgan fingerprint density at radius 3 is 2.42 bits per heavy atom. The summed E-state index contributed by atoms with van der Waals surface area (Å²) in [6, 6.07) is 3.72. The van der Waals surface area contributed by atoms with E-state index in [1.54, 1.807) is 0 Å². The summed E-state index contributed by atoms with van der Waals surface area (Å²) in [5, 5.41) is 10.5. The number of ether oxygens (including phenoxy) is 1. The molecule has 19 heavy (non-hydrogen) atoms. The zero-order chi connectivity index (χ0) is 14.0. The third-order valence-corrected chi connectivity index (χ3v) is 3.55. The Morgan fingerprint density at radius 1 is 1.26 bits per heavy atom. The predicted octanol–water partition coefficient (Wildman–Crippen LogP) is 3.94. The molecule has 0 aromatic heterocycles. The molecule has 0 N–H and O–H groups in total. The van der Waals surface area contributed by atoms with E-state index in [4.69, 9.17) is 4.74 Å². The van der Waals surface area contributed by atoms with E-state index in [9.17, 15) is 14.5 Å².